The van der Waals surface area contributed by atoms with Gasteiger partial charge in [-0.25, -0.2) is 0 Å². The van der Waals surface area contributed by atoms with Crippen LogP contribution in [0, 0.1) is 11.3 Å². The zero-order valence-corrected chi connectivity index (χ0v) is 6.26. The van der Waals surface area contributed by atoms with Crippen LogP contribution in [-0.4, -0.2) is 0 Å². The normalized spacial score (nSPS) is 17.1. The molecule has 0 fully saturated rings. The van der Waals surface area contributed by atoms with Crippen molar-refractivity contribution in [3.63, 3.8) is 0 Å². The van der Waals surface area contributed by atoms with E-state index in [1.807, 2.05) is 0 Å². The number of rotatable bonds is 2. The third kappa shape index (κ3) is 2.09. The summed E-state index contributed by atoms with van der Waals surface area (Å²) in [4.78, 5) is 0. The van der Waals surface area contributed by atoms with E-state index in [1.165, 1.54) is 31.2 Å². The third-order valence-corrected chi connectivity index (χ3v) is 1.37. The lowest BCUT2D eigenvalue weighted by Gasteiger charge is -1.96. The van der Waals surface area contributed by atoms with Crippen molar-refractivity contribution in [2.24, 2.45) is 0 Å². The summed E-state index contributed by atoms with van der Waals surface area (Å²) < 4.78 is 29.6. The molecule has 0 unspecified atom stereocenters. The van der Waals surface area contributed by atoms with E-state index in [0.717, 1.165) is 0 Å². The maximum absolute atomic E-state index is 8.58. The average Bonchev–Trinajstić information content (AvgIpc) is 2.17. The van der Waals surface area contributed by atoms with Crippen molar-refractivity contribution in [3.8, 4) is 6.07 Å². The molecule has 0 radical (unpaired) electrons. The lowest BCUT2D eigenvalue weighted by atomic mass is 10.1. The van der Waals surface area contributed by atoms with Gasteiger partial charge in [0.1, 0.15) is 0 Å². The molecule has 0 aromatic heterocycles. The van der Waals surface area contributed by atoms with E-state index in [-0.39, 0.29) is 5.56 Å². The molecule has 0 amide bonds. The van der Waals surface area contributed by atoms with Crippen LogP contribution in [-0.2, 0) is 12.7 Å². The van der Waals surface area contributed by atoms with E-state index in [1.54, 1.807) is 6.07 Å². The minimum absolute atomic E-state index is 0.248. The Balaban J connectivity index is 3.08. The largest absolute Gasteiger partial charge is 0.198 e. The summed E-state index contributed by atoms with van der Waals surface area (Å²) in [7, 11) is 0. The smallest absolute Gasteiger partial charge is 0.0669 e. The van der Waals surface area contributed by atoms with Gasteiger partial charge >= 0.3 is 0 Å². The number of benzene rings is 1. The van der Waals surface area contributed by atoms with E-state index >= 15 is 0 Å². The van der Waals surface area contributed by atoms with Crippen LogP contribution in [0.2, 0.25) is 0 Å². The molecule has 0 N–H and O–H groups in total. The number of hydrogen-bond donors (Lipinski definition) is 0. The Kier molecular flexibility index (Phi) is 1.35. The number of nitrogens with zero attached hydrogens (tertiary/aromatic N) is 1. The lowest BCUT2D eigenvalue weighted by molar-refractivity contribution is 1.13. The average molecular weight is 149 g/mol. The second kappa shape index (κ2) is 3.78. The maximum Gasteiger partial charge on any atom is 0.0669 e. The van der Waals surface area contributed by atoms with Crippen molar-refractivity contribution >= 4 is 0 Å². The molecule has 0 saturated heterocycles. The molecule has 1 rings (SSSR count). The van der Waals surface area contributed by atoms with Crippen LogP contribution < -0.4 is 0 Å². The highest BCUT2D eigenvalue weighted by atomic mass is 14.2. The van der Waals surface area contributed by atoms with Crippen LogP contribution in [0.5, 0.6) is 0 Å². The maximum atomic E-state index is 8.58. The molecule has 0 spiro atoms. The molecule has 1 aromatic rings. The Morgan fingerprint density at radius 3 is 2.36 bits per heavy atom. The van der Waals surface area contributed by atoms with E-state index in [2.05, 4.69) is 0 Å². The molecule has 1 heteroatoms. The molecule has 56 valence electrons. The number of aryl methyl sites for hydroxylation is 1. The van der Waals surface area contributed by atoms with Gasteiger partial charge in [0.05, 0.1) is 12.4 Å². The zero-order chi connectivity index (χ0) is 11.7. The van der Waals surface area contributed by atoms with Gasteiger partial charge in [-0.3, -0.25) is 0 Å². The minimum atomic E-state index is -2.01. The van der Waals surface area contributed by atoms with Crippen molar-refractivity contribution in [2.75, 3.05) is 0 Å². The monoisotopic (exact) mass is 149 g/mol. The molecular formula is C10H11N. The summed E-state index contributed by atoms with van der Waals surface area (Å²) in [5, 5.41) is 8.58. The highest BCUT2D eigenvalue weighted by Gasteiger charge is 1.90. The Labute approximate surface area is 72.9 Å². The van der Waals surface area contributed by atoms with Crippen LogP contribution >= 0.6 is 0 Å². The van der Waals surface area contributed by atoms with Crippen LogP contribution in [0.25, 0.3) is 0 Å². The summed E-state index contributed by atoms with van der Waals surface area (Å²) in [6.45, 7) is 1.43. The van der Waals surface area contributed by atoms with Gasteiger partial charge in [-0.1, -0.05) is 31.2 Å². The predicted octanol–water partition coefficient (Wildman–Crippen LogP) is 2.32. The van der Waals surface area contributed by atoms with Gasteiger partial charge in [0.25, 0.3) is 0 Å². The minimum Gasteiger partial charge on any atom is -0.198 e. The first-order valence-corrected chi connectivity index (χ1v) is 3.29. The summed E-state index contributed by atoms with van der Waals surface area (Å²) in [5.74, 6) is 0. The van der Waals surface area contributed by atoms with Crippen molar-refractivity contribution in [1.82, 2.24) is 0 Å². The SMILES string of the molecule is [2H]C([2H])(C)c1ccc(C([2H])([2H])C#N)cc1. The van der Waals surface area contributed by atoms with Crippen LogP contribution in [0.1, 0.15) is 23.5 Å². The first kappa shape index (κ1) is 3.92. The fraction of sp³-hybridized carbons (Fsp3) is 0.300. The highest BCUT2D eigenvalue weighted by molar-refractivity contribution is 5.24. The fourth-order valence-corrected chi connectivity index (χ4v) is 0.785. The van der Waals surface area contributed by atoms with E-state index in [4.69, 9.17) is 10.7 Å². The van der Waals surface area contributed by atoms with Crippen molar-refractivity contribution in [3.05, 3.63) is 35.4 Å². The molecule has 11 heavy (non-hydrogen) atoms. The van der Waals surface area contributed by atoms with Gasteiger partial charge in [-0.15, -0.1) is 0 Å². The van der Waals surface area contributed by atoms with E-state index in [0.29, 0.717) is 5.56 Å². The molecule has 1 nitrogen and oxygen atoms in total. The number of hydrogen-bond acceptors (Lipinski definition) is 1. The second-order valence-electron chi connectivity index (χ2n) is 2.06. The highest BCUT2D eigenvalue weighted by Crippen LogP contribution is 2.04. The molecule has 0 heterocycles. The molecule has 1 aromatic carbocycles. The molecule has 0 bridgehead atoms. The van der Waals surface area contributed by atoms with Gasteiger partial charge in [0.15, 0.2) is 0 Å². The molecule has 0 aliphatic rings. The summed E-state index contributed by atoms with van der Waals surface area (Å²) in [6, 6.07) is 7.45. The lowest BCUT2D eigenvalue weighted by Crippen LogP contribution is -1.83. The molecule has 0 aliphatic heterocycles. The van der Waals surface area contributed by atoms with Crippen LogP contribution in [0.4, 0.5) is 0 Å². The van der Waals surface area contributed by atoms with E-state index < -0.39 is 12.7 Å². The van der Waals surface area contributed by atoms with Gasteiger partial charge in [-0.05, 0) is 17.5 Å². The van der Waals surface area contributed by atoms with Crippen LogP contribution in [0.15, 0.2) is 24.3 Å². The Morgan fingerprint density at radius 2 is 1.91 bits per heavy atom. The summed E-state index contributed by atoms with van der Waals surface area (Å²) >= 11 is 0. The van der Waals surface area contributed by atoms with Gasteiger partial charge in [0, 0.05) is 5.48 Å². The number of nitriles is 1. The summed E-state index contributed by atoms with van der Waals surface area (Å²) in [6.07, 6.45) is -3.46. The standard InChI is InChI=1S/C10H11N/c1-2-9-3-5-10(6-4-9)7-8-11/h3-6H,2,7H2,1H3/i2D2,7D2. The topological polar surface area (TPSA) is 23.8 Å². The van der Waals surface area contributed by atoms with Gasteiger partial charge in [0.2, 0.25) is 0 Å². The van der Waals surface area contributed by atoms with Crippen LogP contribution in [0.3, 0.4) is 0 Å². The Morgan fingerprint density at radius 1 is 1.36 bits per heavy atom. The zero-order valence-electron chi connectivity index (χ0n) is 10.3. The molecule has 0 aliphatic carbocycles. The Hall–Kier alpha value is -1.29. The fourth-order valence-electron chi connectivity index (χ4n) is 0.785. The predicted molar refractivity (Wildman–Crippen MR) is 45.1 cm³/mol. The van der Waals surface area contributed by atoms with Gasteiger partial charge in [-0.2, -0.15) is 5.26 Å². The Bertz CT molecular complexity index is 383. The van der Waals surface area contributed by atoms with Crippen molar-refractivity contribution in [2.45, 2.75) is 19.7 Å². The molecule has 0 atom stereocenters. The summed E-state index contributed by atoms with van der Waals surface area (Å²) in [5.41, 5.74) is 0.720. The van der Waals surface area contributed by atoms with Crippen molar-refractivity contribution < 1.29 is 5.48 Å². The quantitative estimate of drug-likeness (QED) is 0.633. The van der Waals surface area contributed by atoms with Gasteiger partial charge < -0.3 is 0 Å². The first-order valence-electron chi connectivity index (χ1n) is 5.29. The molecule has 0 saturated carbocycles. The van der Waals surface area contributed by atoms with Crippen molar-refractivity contribution in [1.29, 1.82) is 5.26 Å². The van der Waals surface area contributed by atoms with E-state index in [9.17, 15) is 0 Å². The first-order chi connectivity index (χ1) is 6.77. The second-order valence-corrected chi connectivity index (χ2v) is 2.06. The molecular weight excluding hydrogens is 134 g/mol. The third-order valence-electron chi connectivity index (χ3n) is 1.37.